The predicted molar refractivity (Wildman–Crippen MR) is 71.9 cm³/mol. The SMILES string of the molecule is ClCCOCCCNCC1Cc2ccccc21. The number of fused-ring (bicyclic) bond motifs is 1. The average molecular weight is 254 g/mol. The molecule has 1 aliphatic carbocycles. The van der Waals surface area contributed by atoms with Crippen LogP contribution >= 0.6 is 11.6 Å². The van der Waals surface area contributed by atoms with Gasteiger partial charge in [-0.05, 0) is 30.5 Å². The fraction of sp³-hybridized carbons (Fsp3) is 0.571. The van der Waals surface area contributed by atoms with Gasteiger partial charge in [0, 0.05) is 24.9 Å². The summed E-state index contributed by atoms with van der Waals surface area (Å²) in [5, 5.41) is 3.49. The summed E-state index contributed by atoms with van der Waals surface area (Å²) in [5.41, 5.74) is 3.04. The molecule has 1 unspecified atom stereocenters. The number of alkyl halides is 1. The van der Waals surface area contributed by atoms with Crippen molar-refractivity contribution in [3.05, 3.63) is 35.4 Å². The zero-order valence-electron chi connectivity index (χ0n) is 10.1. The van der Waals surface area contributed by atoms with Gasteiger partial charge in [-0.2, -0.15) is 0 Å². The number of rotatable bonds is 8. The van der Waals surface area contributed by atoms with Gasteiger partial charge in [-0.3, -0.25) is 0 Å². The van der Waals surface area contributed by atoms with E-state index in [1.165, 1.54) is 17.5 Å². The molecule has 0 bridgehead atoms. The molecule has 0 spiro atoms. The summed E-state index contributed by atoms with van der Waals surface area (Å²) in [6.45, 7) is 3.59. The summed E-state index contributed by atoms with van der Waals surface area (Å²) in [7, 11) is 0. The number of nitrogens with one attached hydrogen (secondary N) is 1. The number of benzene rings is 1. The summed E-state index contributed by atoms with van der Waals surface area (Å²) in [6, 6.07) is 8.72. The maximum Gasteiger partial charge on any atom is 0.0601 e. The third-order valence-corrected chi connectivity index (χ3v) is 3.37. The van der Waals surface area contributed by atoms with Gasteiger partial charge in [0.15, 0.2) is 0 Å². The van der Waals surface area contributed by atoms with Crippen LogP contribution in [0.5, 0.6) is 0 Å². The number of hydrogen-bond acceptors (Lipinski definition) is 2. The molecule has 2 rings (SSSR count). The van der Waals surface area contributed by atoms with Crippen molar-refractivity contribution in [2.24, 2.45) is 0 Å². The molecule has 0 aromatic heterocycles. The van der Waals surface area contributed by atoms with Crippen molar-refractivity contribution in [2.75, 3.05) is 32.2 Å². The maximum atomic E-state index is 5.52. The van der Waals surface area contributed by atoms with Crippen molar-refractivity contribution >= 4 is 11.6 Å². The van der Waals surface area contributed by atoms with E-state index in [1.54, 1.807) is 0 Å². The lowest BCUT2D eigenvalue weighted by Crippen LogP contribution is -2.30. The van der Waals surface area contributed by atoms with Crippen molar-refractivity contribution < 1.29 is 4.74 Å². The van der Waals surface area contributed by atoms with Gasteiger partial charge in [0.05, 0.1) is 6.61 Å². The van der Waals surface area contributed by atoms with Crippen LogP contribution in [-0.2, 0) is 11.2 Å². The summed E-state index contributed by atoms with van der Waals surface area (Å²) in [4.78, 5) is 0. The fourth-order valence-electron chi connectivity index (χ4n) is 2.28. The van der Waals surface area contributed by atoms with Gasteiger partial charge in [0.2, 0.25) is 0 Å². The molecule has 0 heterocycles. The van der Waals surface area contributed by atoms with E-state index in [0.29, 0.717) is 12.5 Å². The second-order valence-corrected chi connectivity index (χ2v) is 4.84. The molecule has 1 aromatic rings. The smallest absolute Gasteiger partial charge is 0.0601 e. The zero-order valence-corrected chi connectivity index (χ0v) is 10.9. The van der Waals surface area contributed by atoms with Gasteiger partial charge in [-0.1, -0.05) is 24.3 Å². The van der Waals surface area contributed by atoms with E-state index in [2.05, 4.69) is 29.6 Å². The highest BCUT2D eigenvalue weighted by Crippen LogP contribution is 2.33. The molecule has 3 heteroatoms. The molecular formula is C14H20ClNO. The quantitative estimate of drug-likeness (QED) is 0.568. The average Bonchev–Trinajstić information content (AvgIpc) is 2.33. The first-order valence-electron chi connectivity index (χ1n) is 6.34. The lowest BCUT2D eigenvalue weighted by Gasteiger charge is -2.30. The lowest BCUT2D eigenvalue weighted by atomic mass is 9.77. The van der Waals surface area contributed by atoms with Crippen LogP contribution in [0.2, 0.25) is 0 Å². The van der Waals surface area contributed by atoms with Crippen LogP contribution < -0.4 is 5.32 Å². The van der Waals surface area contributed by atoms with E-state index in [9.17, 15) is 0 Å². The number of hydrogen-bond donors (Lipinski definition) is 1. The molecule has 94 valence electrons. The highest BCUT2D eigenvalue weighted by atomic mass is 35.5. The van der Waals surface area contributed by atoms with Crippen molar-refractivity contribution in [2.45, 2.75) is 18.8 Å². The molecular weight excluding hydrogens is 234 g/mol. The number of halogens is 1. The Morgan fingerprint density at radius 3 is 3.00 bits per heavy atom. The van der Waals surface area contributed by atoms with E-state index >= 15 is 0 Å². The van der Waals surface area contributed by atoms with Crippen molar-refractivity contribution in [3.63, 3.8) is 0 Å². The molecule has 0 saturated carbocycles. The Hall–Kier alpha value is -0.570. The Balaban J connectivity index is 1.53. The first-order chi connectivity index (χ1) is 8.42. The van der Waals surface area contributed by atoms with Crippen LogP contribution in [0.3, 0.4) is 0 Å². The van der Waals surface area contributed by atoms with E-state index in [4.69, 9.17) is 16.3 Å². The molecule has 17 heavy (non-hydrogen) atoms. The van der Waals surface area contributed by atoms with Gasteiger partial charge in [-0.15, -0.1) is 11.6 Å². The summed E-state index contributed by atoms with van der Waals surface area (Å²) < 4.78 is 5.31. The zero-order chi connectivity index (χ0) is 11.9. The standard InChI is InChI=1S/C14H20ClNO/c15-6-9-17-8-3-7-16-11-13-10-12-4-1-2-5-14(12)13/h1-2,4-5,13,16H,3,6-11H2. The Kier molecular flexibility index (Phi) is 5.30. The van der Waals surface area contributed by atoms with Crippen LogP contribution in [0.4, 0.5) is 0 Å². The van der Waals surface area contributed by atoms with Crippen molar-refractivity contribution in [1.82, 2.24) is 5.32 Å². The fourth-order valence-corrected chi connectivity index (χ4v) is 2.39. The minimum absolute atomic E-state index is 0.590. The minimum Gasteiger partial charge on any atom is -0.380 e. The van der Waals surface area contributed by atoms with Crippen LogP contribution in [0.1, 0.15) is 23.5 Å². The highest BCUT2D eigenvalue weighted by molar-refractivity contribution is 6.17. The van der Waals surface area contributed by atoms with E-state index in [-0.39, 0.29) is 0 Å². The first kappa shape index (κ1) is 12.9. The van der Waals surface area contributed by atoms with E-state index < -0.39 is 0 Å². The van der Waals surface area contributed by atoms with Gasteiger partial charge in [0.1, 0.15) is 0 Å². The second kappa shape index (κ2) is 7.00. The first-order valence-corrected chi connectivity index (χ1v) is 6.87. The highest BCUT2D eigenvalue weighted by Gasteiger charge is 2.24. The topological polar surface area (TPSA) is 21.3 Å². The molecule has 2 nitrogen and oxygen atoms in total. The summed E-state index contributed by atoms with van der Waals surface area (Å²) in [5.74, 6) is 1.31. The molecule has 1 N–H and O–H groups in total. The Bertz CT molecular complexity index is 343. The molecule has 0 amide bonds. The Labute approximate surface area is 108 Å². The lowest BCUT2D eigenvalue weighted by molar-refractivity contribution is 0.146. The maximum absolute atomic E-state index is 5.52. The summed E-state index contributed by atoms with van der Waals surface area (Å²) >= 11 is 5.52. The van der Waals surface area contributed by atoms with Crippen LogP contribution in [0, 0.1) is 0 Å². The molecule has 0 saturated heterocycles. The third kappa shape index (κ3) is 3.70. The third-order valence-electron chi connectivity index (χ3n) is 3.22. The largest absolute Gasteiger partial charge is 0.380 e. The number of ether oxygens (including phenoxy) is 1. The van der Waals surface area contributed by atoms with Gasteiger partial charge < -0.3 is 10.1 Å². The molecule has 0 fully saturated rings. The van der Waals surface area contributed by atoms with E-state index in [1.807, 2.05) is 0 Å². The second-order valence-electron chi connectivity index (χ2n) is 4.46. The molecule has 1 aliphatic rings. The van der Waals surface area contributed by atoms with Crippen LogP contribution in [-0.4, -0.2) is 32.2 Å². The van der Waals surface area contributed by atoms with Crippen LogP contribution in [0.15, 0.2) is 24.3 Å². The molecule has 1 atom stereocenters. The van der Waals surface area contributed by atoms with Crippen LogP contribution in [0.25, 0.3) is 0 Å². The van der Waals surface area contributed by atoms with Crippen molar-refractivity contribution in [1.29, 1.82) is 0 Å². The van der Waals surface area contributed by atoms with E-state index in [0.717, 1.165) is 32.0 Å². The minimum atomic E-state index is 0.590. The molecule has 0 radical (unpaired) electrons. The summed E-state index contributed by atoms with van der Waals surface area (Å²) in [6.07, 6.45) is 2.29. The Morgan fingerprint density at radius 2 is 2.18 bits per heavy atom. The Morgan fingerprint density at radius 1 is 1.29 bits per heavy atom. The molecule has 0 aliphatic heterocycles. The monoisotopic (exact) mass is 253 g/mol. The molecule has 1 aromatic carbocycles. The normalized spacial score (nSPS) is 17.6. The van der Waals surface area contributed by atoms with Gasteiger partial charge >= 0.3 is 0 Å². The van der Waals surface area contributed by atoms with Gasteiger partial charge in [-0.25, -0.2) is 0 Å². The van der Waals surface area contributed by atoms with Gasteiger partial charge in [0.25, 0.3) is 0 Å². The predicted octanol–water partition coefficient (Wildman–Crippen LogP) is 2.56. The van der Waals surface area contributed by atoms with Crippen molar-refractivity contribution in [3.8, 4) is 0 Å².